The molecule has 0 saturated heterocycles. The van der Waals surface area contributed by atoms with Crippen molar-refractivity contribution in [2.45, 2.75) is 6.92 Å². The van der Waals surface area contributed by atoms with E-state index in [2.05, 4.69) is 42.3 Å². The topological polar surface area (TPSA) is 82.6 Å². The van der Waals surface area contributed by atoms with Gasteiger partial charge in [0.25, 0.3) is 0 Å². The van der Waals surface area contributed by atoms with E-state index in [4.69, 9.17) is 0 Å². The fourth-order valence-electron chi connectivity index (χ4n) is 1.83. The van der Waals surface area contributed by atoms with Crippen LogP contribution in [0.1, 0.15) is 6.92 Å². The maximum absolute atomic E-state index is 4.57. The van der Waals surface area contributed by atoms with Crippen molar-refractivity contribution in [3.8, 4) is 11.3 Å². The largest absolute Gasteiger partial charge is 0.358 e. The molecular weight excluding hydrogens is 286 g/mol. The van der Waals surface area contributed by atoms with Crippen LogP contribution in [0.3, 0.4) is 0 Å². The minimum atomic E-state index is 0.538. The summed E-state index contributed by atoms with van der Waals surface area (Å²) in [7, 11) is 2.00. The van der Waals surface area contributed by atoms with Crippen LogP contribution in [0, 0.1) is 0 Å². The Morgan fingerprint density at radius 2 is 2.14 bits per heavy atom. The molecule has 108 valence electrons. The molecule has 3 heterocycles. The van der Waals surface area contributed by atoms with Crippen molar-refractivity contribution in [3.63, 3.8) is 0 Å². The first kappa shape index (κ1) is 13.5. The number of thiazole rings is 1. The third-order valence-electron chi connectivity index (χ3n) is 3.02. The Balaban J connectivity index is 1.84. The van der Waals surface area contributed by atoms with Crippen molar-refractivity contribution in [1.82, 2.24) is 25.1 Å². The van der Waals surface area contributed by atoms with Crippen LogP contribution in [-0.2, 0) is 0 Å². The molecule has 0 aliphatic rings. The summed E-state index contributed by atoms with van der Waals surface area (Å²) in [5, 5.41) is 13.0. The molecule has 3 aromatic rings. The second-order valence-corrected chi connectivity index (χ2v) is 5.23. The number of nitrogens with zero attached hydrogens (tertiary/aromatic N) is 5. The van der Waals surface area contributed by atoms with Crippen LogP contribution in [0.2, 0.25) is 0 Å². The zero-order valence-electron chi connectivity index (χ0n) is 11.7. The van der Waals surface area contributed by atoms with Crippen molar-refractivity contribution in [3.05, 3.63) is 30.0 Å². The Bertz CT molecular complexity index is 706. The number of anilines is 3. The fourth-order valence-corrected chi connectivity index (χ4v) is 2.53. The number of H-pyrrole nitrogens is 1. The molecule has 0 aliphatic carbocycles. The normalized spacial score (nSPS) is 10.6. The quantitative estimate of drug-likeness (QED) is 0.753. The summed E-state index contributed by atoms with van der Waals surface area (Å²) in [5.74, 6) is 1.43. The smallest absolute Gasteiger partial charge is 0.228 e. The molecule has 2 N–H and O–H groups in total. The zero-order valence-corrected chi connectivity index (χ0v) is 12.6. The van der Waals surface area contributed by atoms with Gasteiger partial charge in [0.2, 0.25) is 5.95 Å². The van der Waals surface area contributed by atoms with Crippen molar-refractivity contribution < 1.29 is 0 Å². The molecule has 0 saturated carbocycles. The van der Waals surface area contributed by atoms with Crippen LogP contribution >= 0.6 is 11.3 Å². The van der Waals surface area contributed by atoms with Gasteiger partial charge in [-0.15, -0.1) is 11.3 Å². The lowest BCUT2D eigenvalue weighted by Gasteiger charge is -2.14. The third kappa shape index (κ3) is 2.84. The fraction of sp³-hybridized carbons (Fsp3) is 0.231. The Kier molecular flexibility index (Phi) is 3.78. The first-order chi connectivity index (χ1) is 10.3. The maximum atomic E-state index is 4.57. The molecule has 0 fully saturated rings. The molecule has 21 heavy (non-hydrogen) atoms. The number of nitrogens with one attached hydrogen (secondary N) is 2. The minimum absolute atomic E-state index is 0.538. The van der Waals surface area contributed by atoms with Gasteiger partial charge in [-0.1, -0.05) is 0 Å². The SMILES string of the molecule is CCN(C)c1n[nH]cc1-c1csc(Nc2ncccn2)n1. The molecule has 0 aliphatic heterocycles. The summed E-state index contributed by atoms with van der Waals surface area (Å²) in [4.78, 5) is 14.9. The third-order valence-corrected chi connectivity index (χ3v) is 3.78. The average molecular weight is 301 g/mol. The van der Waals surface area contributed by atoms with Crippen LogP contribution in [0.25, 0.3) is 11.3 Å². The minimum Gasteiger partial charge on any atom is -0.358 e. The Hall–Kier alpha value is -2.48. The second kappa shape index (κ2) is 5.88. The highest BCUT2D eigenvalue weighted by molar-refractivity contribution is 7.14. The van der Waals surface area contributed by atoms with E-state index < -0.39 is 0 Å². The lowest BCUT2D eigenvalue weighted by atomic mass is 10.2. The summed E-state index contributed by atoms with van der Waals surface area (Å²) in [6, 6.07) is 1.77. The van der Waals surface area contributed by atoms with E-state index in [1.54, 1.807) is 18.5 Å². The standard InChI is InChI=1S/C13H15N7S/c1-3-20(2)11-9(7-16-19-11)10-8-21-13(17-10)18-12-14-5-4-6-15-12/h4-8H,3H2,1-2H3,(H,16,19)(H,14,15,17,18). The highest BCUT2D eigenvalue weighted by Gasteiger charge is 2.14. The van der Waals surface area contributed by atoms with Gasteiger partial charge in [-0.3, -0.25) is 5.10 Å². The molecule has 0 spiro atoms. The van der Waals surface area contributed by atoms with Gasteiger partial charge >= 0.3 is 0 Å². The number of aromatic amines is 1. The lowest BCUT2D eigenvalue weighted by Crippen LogP contribution is -2.16. The zero-order chi connectivity index (χ0) is 14.7. The Morgan fingerprint density at radius 1 is 1.33 bits per heavy atom. The van der Waals surface area contributed by atoms with E-state index in [0.29, 0.717) is 5.95 Å². The van der Waals surface area contributed by atoms with Gasteiger partial charge < -0.3 is 10.2 Å². The van der Waals surface area contributed by atoms with Crippen molar-refractivity contribution >= 4 is 28.2 Å². The highest BCUT2D eigenvalue weighted by atomic mass is 32.1. The average Bonchev–Trinajstić information content (AvgIpc) is 3.16. The van der Waals surface area contributed by atoms with Gasteiger partial charge in [0.1, 0.15) is 0 Å². The lowest BCUT2D eigenvalue weighted by molar-refractivity contribution is 0.923. The predicted molar refractivity (Wildman–Crippen MR) is 84.0 cm³/mol. The van der Waals surface area contributed by atoms with E-state index in [-0.39, 0.29) is 0 Å². The molecule has 0 aromatic carbocycles. The Labute approximate surface area is 126 Å². The monoisotopic (exact) mass is 301 g/mol. The van der Waals surface area contributed by atoms with E-state index in [9.17, 15) is 0 Å². The number of hydrogen-bond acceptors (Lipinski definition) is 7. The Morgan fingerprint density at radius 3 is 2.90 bits per heavy atom. The summed E-state index contributed by atoms with van der Waals surface area (Å²) >= 11 is 1.51. The second-order valence-electron chi connectivity index (χ2n) is 4.37. The summed E-state index contributed by atoms with van der Waals surface area (Å²) in [6.07, 6.45) is 5.24. The van der Waals surface area contributed by atoms with Crippen molar-refractivity contribution in [2.75, 3.05) is 23.8 Å². The maximum Gasteiger partial charge on any atom is 0.228 e. The molecule has 0 radical (unpaired) electrons. The van der Waals surface area contributed by atoms with Crippen LogP contribution in [-0.4, -0.2) is 38.7 Å². The molecule has 0 bridgehead atoms. The summed E-state index contributed by atoms with van der Waals surface area (Å²) in [5.41, 5.74) is 1.86. The van der Waals surface area contributed by atoms with Crippen LogP contribution in [0.15, 0.2) is 30.0 Å². The molecule has 0 unspecified atom stereocenters. The van der Waals surface area contributed by atoms with Gasteiger partial charge in [-0.25, -0.2) is 15.0 Å². The van der Waals surface area contributed by atoms with Crippen molar-refractivity contribution in [2.24, 2.45) is 0 Å². The first-order valence-electron chi connectivity index (χ1n) is 6.52. The van der Waals surface area contributed by atoms with Gasteiger partial charge in [0, 0.05) is 37.6 Å². The molecule has 0 amide bonds. The van der Waals surface area contributed by atoms with E-state index in [1.165, 1.54) is 11.3 Å². The van der Waals surface area contributed by atoms with Crippen molar-refractivity contribution in [1.29, 1.82) is 0 Å². The predicted octanol–water partition coefficient (Wildman–Crippen LogP) is 2.52. The first-order valence-corrected chi connectivity index (χ1v) is 7.40. The van der Waals surface area contributed by atoms with Gasteiger partial charge in [-0.05, 0) is 13.0 Å². The number of rotatable bonds is 5. The van der Waals surface area contributed by atoms with Crippen LogP contribution in [0.4, 0.5) is 16.9 Å². The molecule has 3 aromatic heterocycles. The highest BCUT2D eigenvalue weighted by Crippen LogP contribution is 2.31. The molecule has 7 nitrogen and oxygen atoms in total. The molecule has 0 atom stereocenters. The van der Waals surface area contributed by atoms with Gasteiger partial charge in [-0.2, -0.15) is 5.10 Å². The van der Waals surface area contributed by atoms with E-state index in [0.717, 1.165) is 28.8 Å². The molecule has 3 rings (SSSR count). The summed E-state index contributed by atoms with van der Waals surface area (Å²) in [6.45, 7) is 2.96. The van der Waals surface area contributed by atoms with Crippen LogP contribution < -0.4 is 10.2 Å². The van der Waals surface area contributed by atoms with Crippen LogP contribution in [0.5, 0.6) is 0 Å². The van der Waals surface area contributed by atoms with Gasteiger partial charge in [0.05, 0.1) is 11.3 Å². The van der Waals surface area contributed by atoms with Gasteiger partial charge in [0.15, 0.2) is 10.9 Å². The number of aromatic nitrogens is 5. The van der Waals surface area contributed by atoms with E-state index >= 15 is 0 Å². The molecular formula is C13H15N7S. The number of hydrogen-bond donors (Lipinski definition) is 2. The molecule has 8 heteroatoms. The van der Waals surface area contributed by atoms with E-state index in [1.807, 2.05) is 18.6 Å². The summed E-state index contributed by atoms with van der Waals surface area (Å²) < 4.78 is 0.